The Morgan fingerprint density at radius 2 is 2.04 bits per heavy atom. The highest BCUT2D eigenvalue weighted by atomic mass is 16.2. The minimum Gasteiger partial charge on any atom is -0.343 e. The summed E-state index contributed by atoms with van der Waals surface area (Å²) in [5.41, 5.74) is 2.12. The van der Waals surface area contributed by atoms with Gasteiger partial charge in [-0.3, -0.25) is 4.79 Å². The number of H-pyrrole nitrogens is 1. The predicted octanol–water partition coefficient (Wildman–Crippen LogP) is 2.07. The third kappa shape index (κ3) is 3.72. The molecule has 2 aromatic rings. The fourth-order valence-corrected chi connectivity index (χ4v) is 3.28. The first-order valence-electron chi connectivity index (χ1n) is 8.77. The number of urea groups is 1. The number of rotatable bonds is 4. The Bertz CT molecular complexity index is 754. The standard InChI is InChI=1S/C17H24N6O2/c1-3-22(4-2)16(24)12-6-5-9-23(11-12)17(25)18-13-7-8-14-15(10-13)20-21-19-14/h7-8,10,12H,3-6,9,11H2,1-2H3,(H,18,25)(H,19,20,21). The van der Waals surface area contributed by atoms with Gasteiger partial charge in [0.15, 0.2) is 0 Å². The van der Waals surface area contributed by atoms with Gasteiger partial charge in [-0.15, -0.1) is 0 Å². The van der Waals surface area contributed by atoms with Crippen LogP contribution in [0, 0.1) is 5.92 Å². The summed E-state index contributed by atoms with van der Waals surface area (Å²) < 4.78 is 0. The number of fused-ring (bicyclic) bond motifs is 1. The smallest absolute Gasteiger partial charge is 0.321 e. The maximum Gasteiger partial charge on any atom is 0.321 e. The number of aromatic amines is 1. The van der Waals surface area contributed by atoms with Crippen molar-refractivity contribution in [1.82, 2.24) is 25.2 Å². The number of likely N-dealkylation sites (tertiary alicyclic amines) is 1. The highest BCUT2D eigenvalue weighted by Crippen LogP contribution is 2.21. The lowest BCUT2D eigenvalue weighted by Crippen LogP contribution is -2.47. The maximum atomic E-state index is 12.6. The van der Waals surface area contributed by atoms with Crippen LogP contribution in [0.25, 0.3) is 11.0 Å². The molecule has 0 saturated carbocycles. The molecule has 1 aromatic carbocycles. The third-order valence-corrected chi connectivity index (χ3v) is 4.70. The number of anilines is 1. The molecule has 0 bridgehead atoms. The lowest BCUT2D eigenvalue weighted by molar-refractivity contribution is -0.136. The van der Waals surface area contributed by atoms with E-state index in [0.29, 0.717) is 37.4 Å². The van der Waals surface area contributed by atoms with Crippen LogP contribution in [0.2, 0.25) is 0 Å². The molecule has 1 aliphatic rings. The van der Waals surface area contributed by atoms with E-state index in [9.17, 15) is 9.59 Å². The van der Waals surface area contributed by atoms with E-state index >= 15 is 0 Å². The van der Waals surface area contributed by atoms with Crippen LogP contribution in [0.3, 0.4) is 0 Å². The maximum absolute atomic E-state index is 12.6. The van der Waals surface area contributed by atoms with E-state index in [1.807, 2.05) is 18.7 Å². The molecule has 1 saturated heterocycles. The van der Waals surface area contributed by atoms with Crippen LogP contribution in [-0.2, 0) is 4.79 Å². The van der Waals surface area contributed by atoms with E-state index < -0.39 is 0 Å². The molecule has 1 atom stereocenters. The van der Waals surface area contributed by atoms with Gasteiger partial charge in [0.2, 0.25) is 5.91 Å². The fraction of sp³-hybridized carbons (Fsp3) is 0.529. The number of hydrogen-bond donors (Lipinski definition) is 2. The second kappa shape index (κ2) is 7.50. The van der Waals surface area contributed by atoms with Crippen molar-refractivity contribution in [2.45, 2.75) is 26.7 Å². The molecule has 1 unspecified atom stereocenters. The Hall–Kier alpha value is -2.64. The summed E-state index contributed by atoms with van der Waals surface area (Å²) in [7, 11) is 0. The van der Waals surface area contributed by atoms with Crippen molar-refractivity contribution in [2.75, 3.05) is 31.5 Å². The Morgan fingerprint density at radius 3 is 2.80 bits per heavy atom. The third-order valence-electron chi connectivity index (χ3n) is 4.70. The highest BCUT2D eigenvalue weighted by molar-refractivity contribution is 5.92. The van der Waals surface area contributed by atoms with E-state index in [1.54, 1.807) is 23.1 Å². The molecule has 0 radical (unpaired) electrons. The lowest BCUT2D eigenvalue weighted by atomic mass is 9.96. The molecule has 8 nitrogen and oxygen atoms in total. The number of carbonyl (C=O) groups is 2. The first-order valence-corrected chi connectivity index (χ1v) is 8.77. The van der Waals surface area contributed by atoms with Crippen LogP contribution in [0.15, 0.2) is 18.2 Å². The number of benzene rings is 1. The summed E-state index contributed by atoms with van der Waals surface area (Å²) in [6.45, 7) is 6.50. The van der Waals surface area contributed by atoms with Gasteiger partial charge in [-0.1, -0.05) is 0 Å². The molecule has 8 heteroatoms. The molecule has 1 aromatic heterocycles. The van der Waals surface area contributed by atoms with Gasteiger partial charge in [0.25, 0.3) is 0 Å². The fourth-order valence-electron chi connectivity index (χ4n) is 3.28. The minimum atomic E-state index is -0.181. The Labute approximate surface area is 146 Å². The molecule has 2 N–H and O–H groups in total. The molecule has 0 aliphatic carbocycles. The Balaban J connectivity index is 1.64. The number of amides is 3. The van der Waals surface area contributed by atoms with Crippen molar-refractivity contribution in [3.05, 3.63) is 18.2 Å². The molecule has 3 rings (SSSR count). The molecule has 0 spiro atoms. The zero-order valence-electron chi connectivity index (χ0n) is 14.7. The second-order valence-electron chi connectivity index (χ2n) is 6.25. The summed E-state index contributed by atoms with van der Waals surface area (Å²) in [6.07, 6.45) is 1.68. The number of hydrogen-bond acceptors (Lipinski definition) is 4. The number of piperidine rings is 1. The highest BCUT2D eigenvalue weighted by Gasteiger charge is 2.30. The molecule has 25 heavy (non-hydrogen) atoms. The molecule has 1 fully saturated rings. The zero-order valence-corrected chi connectivity index (χ0v) is 14.7. The lowest BCUT2D eigenvalue weighted by Gasteiger charge is -2.34. The molecule has 3 amide bonds. The van der Waals surface area contributed by atoms with Crippen molar-refractivity contribution in [3.63, 3.8) is 0 Å². The quantitative estimate of drug-likeness (QED) is 0.888. The molecule has 1 aliphatic heterocycles. The van der Waals surface area contributed by atoms with Gasteiger partial charge < -0.3 is 15.1 Å². The average Bonchev–Trinajstić information content (AvgIpc) is 3.10. The van der Waals surface area contributed by atoms with Crippen LogP contribution in [-0.4, -0.2) is 63.3 Å². The summed E-state index contributed by atoms with van der Waals surface area (Å²) in [4.78, 5) is 28.7. The van der Waals surface area contributed by atoms with E-state index in [4.69, 9.17) is 0 Å². The van der Waals surface area contributed by atoms with Crippen LogP contribution in [0.4, 0.5) is 10.5 Å². The van der Waals surface area contributed by atoms with Gasteiger partial charge in [0.05, 0.1) is 5.92 Å². The van der Waals surface area contributed by atoms with Gasteiger partial charge in [-0.25, -0.2) is 4.79 Å². The van der Waals surface area contributed by atoms with Gasteiger partial charge in [-0.2, -0.15) is 15.4 Å². The number of aromatic nitrogens is 3. The largest absolute Gasteiger partial charge is 0.343 e. The van der Waals surface area contributed by atoms with Gasteiger partial charge in [-0.05, 0) is 44.9 Å². The average molecular weight is 344 g/mol. The monoisotopic (exact) mass is 344 g/mol. The van der Waals surface area contributed by atoms with Crippen molar-refractivity contribution >= 4 is 28.7 Å². The zero-order chi connectivity index (χ0) is 17.8. The Morgan fingerprint density at radius 1 is 1.28 bits per heavy atom. The summed E-state index contributed by atoms with van der Waals surface area (Å²) in [5, 5.41) is 13.5. The van der Waals surface area contributed by atoms with Crippen molar-refractivity contribution < 1.29 is 9.59 Å². The van der Waals surface area contributed by atoms with Gasteiger partial charge >= 0.3 is 6.03 Å². The predicted molar refractivity (Wildman–Crippen MR) is 95.1 cm³/mol. The van der Waals surface area contributed by atoms with E-state index in [2.05, 4.69) is 20.7 Å². The topological polar surface area (TPSA) is 94.2 Å². The van der Waals surface area contributed by atoms with Crippen LogP contribution in [0.1, 0.15) is 26.7 Å². The van der Waals surface area contributed by atoms with Crippen LogP contribution in [0.5, 0.6) is 0 Å². The van der Waals surface area contributed by atoms with E-state index in [-0.39, 0.29) is 17.9 Å². The van der Waals surface area contributed by atoms with E-state index in [1.165, 1.54) is 0 Å². The normalized spacial score (nSPS) is 17.5. The summed E-state index contributed by atoms with van der Waals surface area (Å²) in [6, 6.07) is 5.20. The molecule has 2 heterocycles. The number of nitrogens with zero attached hydrogens (tertiary/aromatic N) is 4. The number of nitrogens with one attached hydrogen (secondary N) is 2. The molecular formula is C17H24N6O2. The van der Waals surface area contributed by atoms with Crippen LogP contribution < -0.4 is 5.32 Å². The first kappa shape index (κ1) is 17.2. The van der Waals surface area contributed by atoms with Gasteiger partial charge in [0.1, 0.15) is 11.0 Å². The summed E-state index contributed by atoms with van der Waals surface area (Å²) >= 11 is 0. The molecule has 134 valence electrons. The van der Waals surface area contributed by atoms with Crippen LogP contribution >= 0.6 is 0 Å². The molecular weight excluding hydrogens is 320 g/mol. The first-order chi connectivity index (χ1) is 12.1. The SMILES string of the molecule is CCN(CC)C(=O)C1CCCN(C(=O)Nc2ccc3n[nH]nc3c2)C1. The summed E-state index contributed by atoms with van der Waals surface area (Å²) in [5.74, 6) is 0.0314. The van der Waals surface area contributed by atoms with Crippen molar-refractivity contribution in [2.24, 2.45) is 5.92 Å². The van der Waals surface area contributed by atoms with Crippen molar-refractivity contribution in [1.29, 1.82) is 0 Å². The van der Waals surface area contributed by atoms with Gasteiger partial charge in [0, 0.05) is 31.9 Å². The van der Waals surface area contributed by atoms with E-state index in [0.717, 1.165) is 18.4 Å². The van der Waals surface area contributed by atoms with Crippen molar-refractivity contribution in [3.8, 4) is 0 Å². The number of carbonyl (C=O) groups excluding carboxylic acids is 2. The minimum absolute atomic E-state index is 0.113. The Kier molecular flexibility index (Phi) is 5.16. The second-order valence-corrected chi connectivity index (χ2v) is 6.25.